The lowest BCUT2D eigenvalue weighted by molar-refractivity contribution is -0.117. The van der Waals surface area contributed by atoms with Gasteiger partial charge in [-0.1, -0.05) is 23.8 Å². The van der Waals surface area contributed by atoms with E-state index < -0.39 is 21.8 Å². The summed E-state index contributed by atoms with van der Waals surface area (Å²) >= 11 is 0. The maximum atomic E-state index is 11.5. The summed E-state index contributed by atoms with van der Waals surface area (Å²) < 4.78 is 27.6. The molecule has 0 spiro atoms. The van der Waals surface area contributed by atoms with Gasteiger partial charge in [0.1, 0.15) is 18.6 Å². The summed E-state index contributed by atoms with van der Waals surface area (Å²) in [7, 11) is -3.37. The maximum Gasteiger partial charge on any atom is 0.244 e. The fourth-order valence-electron chi connectivity index (χ4n) is 2.30. The number of ether oxygens (including phenoxy) is 1. The van der Waals surface area contributed by atoms with Crippen LogP contribution in [-0.4, -0.2) is 45.1 Å². The number of rotatable bonds is 12. The average molecular weight is 436 g/mol. The van der Waals surface area contributed by atoms with Gasteiger partial charge in [0.25, 0.3) is 0 Å². The van der Waals surface area contributed by atoms with Crippen LogP contribution in [0.15, 0.2) is 59.0 Å². The second-order valence-electron chi connectivity index (χ2n) is 6.93. The quantitative estimate of drug-likeness (QED) is 0.297. The van der Waals surface area contributed by atoms with Gasteiger partial charge in [0.2, 0.25) is 5.91 Å². The molecule has 1 atom stereocenters. The van der Waals surface area contributed by atoms with Crippen molar-refractivity contribution in [3.8, 4) is 5.75 Å². The second-order valence-corrected chi connectivity index (χ2v) is 8.86. The Morgan fingerprint density at radius 2 is 1.87 bits per heavy atom. The summed E-state index contributed by atoms with van der Waals surface area (Å²) in [5.74, 6) is 0.0465. The third-order valence-corrected chi connectivity index (χ3v) is 4.70. The van der Waals surface area contributed by atoms with Crippen LogP contribution in [0.25, 0.3) is 0 Å². The summed E-state index contributed by atoms with van der Waals surface area (Å²) in [6.45, 7) is 4.14. The molecule has 7 nitrogen and oxygen atoms in total. The van der Waals surface area contributed by atoms with Gasteiger partial charge in [-0.15, -0.1) is 0 Å². The smallest absolute Gasteiger partial charge is 0.244 e. The fourth-order valence-corrected chi connectivity index (χ4v) is 2.67. The van der Waals surface area contributed by atoms with Crippen LogP contribution in [0.5, 0.6) is 5.75 Å². The monoisotopic (exact) mass is 435 g/mol. The number of aliphatic hydroxyl groups is 1. The third-order valence-electron chi connectivity index (χ3n) is 4.07. The maximum absolute atomic E-state index is 11.5. The van der Waals surface area contributed by atoms with E-state index in [1.165, 1.54) is 0 Å². The van der Waals surface area contributed by atoms with Crippen LogP contribution in [0.3, 0.4) is 0 Å². The zero-order chi connectivity index (χ0) is 22.6. The van der Waals surface area contributed by atoms with Crippen LogP contribution in [0.4, 0.5) is 0 Å². The minimum atomic E-state index is -3.37. The first-order valence-electron chi connectivity index (χ1n) is 9.45. The Kier molecular flexibility index (Phi) is 10.8. The van der Waals surface area contributed by atoms with Gasteiger partial charge in [-0.2, -0.15) is 0 Å². The van der Waals surface area contributed by atoms with E-state index in [9.17, 15) is 23.1 Å². The molecule has 0 radical (unpaired) electrons. The predicted octanol–water partition coefficient (Wildman–Crippen LogP) is 2.65. The molecule has 0 aliphatic rings. The molecule has 0 heterocycles. The number of carbonyl (C=O) groups is 2. The normalized spacial score (nSPS) is 13.9. The first-order valence-corrected chi connectivity index (χ1v) is 11.4. The molecule has 0 bridgehead atoms. The number of hydrogen-bond acceptors (Lipinski definition) is 6. The summed E-state index contributed by atoms with van der Waals surface area (Å²) in [6, 6.07) is 6.84. The van der Waals surface area contributed by atoms with Crippen molar-refractivity contribution in [3.63, 3.8) is 0 Å². The molecule has 0 unspecified atom stereocenters. The Morgan fingerprint density at radius 3 is 2.47 bits per heavy atom. The molecule has 2 N–H and O–H groups in total. The largest absolute Gasteiger partial charge is 0.490 e. The van der Waals surface area contributed by atoms with Gasteiger partial charge in [0, 0.05) is 24.3 Å². The molecule has 30 heavy (non-hydrogen) atoms. The van der Waals surface area contributed by atoms with Crippen LogP contribution in [-0.2, 0) is 19.4 Å². The van der Waals surface area contributed by atoms with Crippen LogP contribution in [0.2, 0.25) is 0 Å². The van der Waals surface area contributed by atoms with E-state index in [0.29, 0.717) is 17.9 Å². The lowest BCUT2D eigenvalue weighted by atomic mass is 10.1. The highest BCUT2D eigenvalue weighted by atomic mass is 32.2. The van der Waals surface area contributed by atoms with Gasteiger partial charge in [-0.3, -0.25) is 9.59 Å². The van der Waals surface area contributed by atoms with Crippen LogP contribution in [0, 0.1) is 0 Å². The Balaban J connectivity index is 2.45. The molecule has 1 rings (SSSR count). The zero-order valence-corrected chi connectivity index (χ0v) is 18.3. The number of sulfone groups is 1. The number of amides is 1. The summed E-state index contributed by atoms with van der Waals surface area (Å²) in [5.41, 5.74) is 2.49. The Bertz CT molecular complexity index is 898. The van der Waals surface area contributed by atoms with Crippen molar-refractivity contribution in [3.05, 3.63) is 64.6 Å². The lowest BCUT2D eigenvalue weighted by Gasteiger charge is -2.12. The van der Waals surface area contributed by atoms with E-state index in [1.807, 2.05) is 19.1 Å². The molecule has 0 aromatic heterocycles. The van der Waals surface area contributed by atoms with Crippen LogP contribution < -0.4 is 10.1 Å². The van der Waals surface area contributed by atoms with Crippen molar-refractivity contribution in [2.24, 2.45) is 0 Å². The van der Waals surface area contributed by atoms with Crippen LogP contribution in [0.1, 0.15) is 38.4 Å². The first-order chi connectivity index (χ1) is 14.1. The van der Waals surface area contributed by atoms with Gasteiger partial charge in [-0.05, 0) is 56.0 Å². The van der Waals surface area contributed by atoms with E-state index in [0.717, 1.165) is 48.0 Å². The minimum absolute atomic E-state index is 0.0485. The highest BCUT2D eigenvalue weighted by molar-refractivity contribution is 7.93. The number of aldehydes is 1. The number of allylic oxidation sites excluding steroid dienone is 3. The molecule has 1 aromatic rings. The second kappa shape index (κ2) is 12.8. The molecular weight excluding hydrogens is 406 g/mol. The highest BCUT2D eigenvalue weighted by Gasteiger charge is 2.09. The zero-order valence-electron chi connectivity index (χ0n) is 17.5. The van der Waals surface area contributed by atoms with Crippen molar-refractivity contribution >= 4 is 22.0 Å². The minimum Gasteiger partial charge on any atom is -0.490 e. The van der Waals surface area contributed by atoms with Crippen molar-refractivity contribution in [1.82, 2.24) is 5.32 Å². The number of benzene rings is 1. The standard InChI is InChI=1S/C22H29NO6S/c1-17(5-4-6-18(2)16-24)11-13-29-20-9-7-19(8-10-20)21(25)15-23-22(26)12-14-30(3,27)28/h6-12,14,16,21,25H,4-5,13,15H2,1-3H3,(H,23,26)/t21-/m0/s1. The molecule has 0 saturated carbocycles. The molecule has 0 aliphatic heterocycles. The molecule has 164 valence electrons. The van der Waals surface area contributed by atoms with Crippen molar-refractivity contribution in [2.45, 2.75) is 32.8 Å². The SMILES string of the molecule is CC(C=O)=CCCC(C)=CCOc1ccc([C@@H](O)CNC(=O)C=CS(C)(=O)=O)cc1. The molecular formula is C22H29NO6S. The highest BCUT2D eigenvalue weighted by Crippen LogP contribution is 2.18. The molecule has 0 fully saturated rings. The predicted molar refractivity (Wildman–Crippen MR) is 117 cm³/mol. The van der Waals surface area contributed by atoms with Gasteiger partial charge in [0.05, 0.1) is 6.10 Å². The fraction of sp³-hybridized carbons (Fsp3) is 0.364. The van der Waals surface area contributed by atoms with Crippen LogP contribution >= 0.6 is 0 Å². The van der Waals surface area contributed by atoms with Gasteiger partial charge >= 0.3 is 0 Å². The Morgan fingerprint density at radius 1 is 1.20 bits per heavy atom. The van der Waals surface area contributed by atoms with Gasteiger partial charge < -0.3 is 15.2 Å². The molecule has 0 saturated heterocycles. The first kappa shape index (κ1) is 25.3. The van der Waals surface area contributed by atoms with Crippen molar-refractivity contribution < 1.29 is 27.9 Å². The van der Waals surface area contributed by atoms with Crippen molar-refractivity contribution in [2.75, 3.05) is 19.4 Å². The number of carbonyl (C=O) groups excluding carboxylic acids is 2. The van der Waals surface area contributed by atoms with E-state index in [2.05, 4.69) is 5.32 Å². The van der Waals surface area contributed by atoms with Gasteiger partial charge in [-0.25, -0.2) is 8.42 Å². The number of hydrogen-bond donors (Lipinski definition) is 2. The number of nitrogens with one attached hydrogen (secondary N) is 1. The van der Waals surface area contributed by atoms with Gasteiger partial charge in [0.15, 0.2) is 9.84 Å². The Labute approximate surface area is 178 Å². The van der Waals surface area contributed by atoms with E-state index >= 15 is 0 Å². The average Bonchev–Trinajstić information content (AvgIpc) is 2.70. The van der Waals surface area contributed by atoms with E-state index in [4.69, 9.17) is 4.74 Å². The van der Waals surface area contributed by atoms with E-state index in [1.54, 1.807) is 31.2 Å². The third kappa shape index (κ3) is 11.3. The molecule has 0 aliphatic carbocycles. The summed E-state index contributed by atoms with van der Waals surface area (Å²) in [4.78, 5) is 22.1. The Hall–Kier alpha value is -2.71. The number of aliphatic hydroxyl groups excluding tert-OH is 1. The molecule has 1 aromatic carbocycles. The molecule has 8 heteroatoms. The summed E-state index contributed by atoms with van der Waals surface area (Å²) in [6.07, 6.45) is 7.35. The topological polar surface area (TPSA) is 110 Å². The van der Waals surface area contributed by atoms with E-state index in [-0.39, 0.29) is 6.54 Å². The van der Waals surface area contributed by atoms with Crippen molar-refractivity contribution in [1.29, 1.82) is 0 Å². The lowest BCUT2D eigenvalue weighted by Crippen LogP contribution is -2.26. The summed E-state index contributed by atoms with van der Waals surface area (Å²) in [5, 5.41) is 13.4. The molecule has 1 amide bonds.